The molecule has 0 aliphatic carbocycles. The van der Waals surface area contributed by atoms with E-state index >= 15 is 0 Å². The molecule has 0 radical (unpaired) electrons. The second kappa shape index (κ2) is 23.8. The normalized spacial score (nSPS) is 12.0. The molecule has 0 spiro atoms. The molecule has 0 rings (SSSR count). The van der Waals surface area contributed by atoms with Gasteiger partial charge in [0, 0.05) is 13.2 Å². The summed E-state index contributed by atoms with van der Waals surface area (Å²) in [5.74, 6) is 0. The average Bonchev–Trinajstić information content (AvgIpc) is 2.74. The zero-order valence-electron chi connectivity index (χ0n) is 21.6. The molecule has 0 fully saturated rings. The third kappa shape index (κ3) is 18.9. The van der Waals surface area contributed by atoms with Gasteiger partial charge in [-0.3, -0.25) is 0 Å². The maximum Gasteiger partial charge on any atom is 0.338 e. The predicted octanol–water partition coefficient (Wildman–Crippen LogP) is 9.95. The molecule has 0 heterocycles. The summed E-state index contributed by atoms with van der Waals surface area (Å²) in [5, 5.41) is 0. The molecule has 0 aliphatic heterocycles. The Morgan fingerprint density at radius 1 is 0.367 bits per heavy atom. The maximum absolute atomic E-state index is 6.32. The summed E-state index contributed by atoms with van der Waals surface area (Å²) >= 11 is 0. The van der Waals surface area contributed by atoms with E-state index in [1.165, 1.54) is 134 Å². The van der Waals surface area contributed by atoms with Crippen LogP contribution in [-0.2, 0) is 8.85 Å². The third-order valence-corrected chi connectivity index (χ3v) is 10.2. The first-order chi connectivity index (χ1) is 14.7. The van der Waals surface area contributed by atoms with E-state index in [1.54, 1.807) is 0 Å². The predicted molar refractivity (Wildman–Crippen MR) is 138 cm³/mol. The van der Waals surface area contributed by atoms with Gasteiger partial charge in [0.1, 0.15) is 0 Å². The van der Waals surface area contributed by atoms with Gasteiger partial charge in [-0.15, -0.1) is 0 Å². The van der Waals surface area contributed by atoms with Gasteiger partial charge in [0.15, 0.2) is 0 Å². The van der Waals surface area contributed by atoms with Crippen molar-refractivity contribution in [2.75, 3.05) is 13.2 Å². The lowest BCUT2D eigenvalue weighted by Gasteiger charge is -2.30. The fourth-order valence-electron chi connectivity index (χ4n) is 4.57. The molecule has 0 saturated heterocycles. The van der Waals surface area contributed by atoms with Crippen LogP contribution in [0.1, 0.15) is 150 Å². The molecule has 0 atom stereocenters. The summed E-state index contributed by atoms with van der Waals surface area (Å²) in [6.07, 6.45) is 26.6. The molecule has 0 aromatic carbocycles. The van der Waals surface area contributed by atoms with Gasteiger partial charge in [-0.25, -0.2) is 0 Å². The molecule has 0 aromatic heterocycles. The Balaban J connectivity index is 3.83. The van der Waals surface area contributed by atoms with E-state index in [4.69, 9.17) is 8.85 Å². The van der Waals surface area contributed by atoms with E-state index < -0.39 is 8.56 Å². The molecule has 0 aliphatic rings. The smallest absolute Gasteiger partial charge is 0.338 e. The summed E-state index contributed by atoms with van der Waals surface area (Å²) in [5.41, 5.74) is 0. The van der Waals surface area contributed by atoms with Crippen molar-refractivity contribution < 1.29 is 8.85 Å². The summed E-state index contributed by atoms with van der Waals surface area (Å²) in [6, 6.07) is 2.42. The molecule has 0 aromatic rings. The highest BCUT2D eigenvalue weighted by molar-refractivity contribution is 6.67. The van der Waals surface area contributed by atoms with Gasteiger partial charge in [-0.05, 0) is 25.9 Å². The van der Waals surface area contributed by atoms with Crippen LogP contribution >= 0.6 is 0 Å². The first-order valence-corrected chi connectivity index (χ1v) is 16.3. The van der Waals surface area contributed by atoms with Gasteiger partial charge < -0.3 is 8.85 Å². The lowest BCUT2D eigenvalue weighted by atomic mass is 10.1. The van der Waals surface area contributed by atoms with Crippen LogP contribution in [0.4, 0.5) is 0 Å². The van der Waals surface area contributed by atoms with E-state index in [9.17, 15) is 0 Å². The first-order valence-electron chi connectivity index (χ1n) is 14.0. The fourth-order valence-corrected chi connectivity index (χ4v) is 8.11. The van der Waals surface area contributed by atoms with Crippen molar-refractivity contribution in [3.63, 3.8) is 0 Å². The standard InChI is InChI=1S/C27H58O2Si/c1-5-9-11-13-15-16-17-18-19-20-21-23-25-27-30(28-7-3,29-8-4)26-24-22-14-12-10-6-2/h5-27H2,1-4H3. The molecule has 30 heavy (non-hydrogen) atoms. The van der Waals surface area contributed by atoms with Crippen molar-refractivity contribution in [1.82, 2.24) is 0 Å². The van der Waals surface area contributed by atoms with Gasteiger partial charge in [-0.2, -0.15) is 0 Å². The topological polar surface area (TPSA) is 18.5 Å². The SMILES string of the molecule is CCCCCCCCCCCCCCC[Si](CCCCCCCC)(OCC)OCC. The van der Waals surface area contributed by atoms with Gasteiger partial charge in [0.05, 0.1) is 0 Å². The molecule has 3 heteroatoms. The maximum atomic E-state index is 6.32. The largest absolute Gasteiger partial charge is 0.394 e. The van der Waals surface area contributed by atoms with Crippen molar-refractivity contribution in [1.29, 1.82) is 0 Å². The molecule has 0 amide bonds. The first kappa shape index (κ1) is 30.1. The van der Waals surface area contributed by atoms with Gasteiger partial charge in [0.2, 0.25) is 0 Å². The monoisotopic (exact) mass is 442 g/mol. The van der Waals surface area contributed by atoms with Gasteiger partial charge >= 0.3 is 8.56 Å². The van der Waals surface area contributed by atoms with E-state index in [0.29, 0.717) is 0 Å². The molecular weight excluding hydrogens is 384 g/mol. The van der Waals surface area contributed by atoms with E-state index in [1.807, 2.05) is 0 Å². The van der Waals surface area contributed by atoms with Crippen LogP contribution in [0.25, 0.3) is 0 Å². The second-order valence-electron chi connectivity index (χ2n) is 9.29. The Bertz CT molecular complexity index is 316. The summed E-state index contributed by atoms with van der Waals surface area (Å²) in [7, 11) is -1.96. The minimum atomic E-state index is -1.96. The number of hydrogen-bond donors (Lipinski definition) is 0. The van der Waals surface area contributed by atoms with Crippen LogP contribution in [0.15, 0.2) is 0 Å². The van der Waals surface area contributed by atoms with E-state index in [2.05, 4.69) is 27.7 Å². The molecule has 0 N–H and O–H groups in total. The van der Waals surface area contributed by atoms with Crippen molar-refractivity contribution in [3.8, 4) is 0 Å². The quantitative estimate of drug-likeness (QED) is 0.103. The van der Waals surface area contributed by atoms with Gasteiger partial charge in [-0.1, -0.05) is 136 Å². The highest BCUT2D eigenvalue weighted by Gasteiger charge is 2.35. The highest BCUT2D eigenvalue weighted by atomic mass is 28.4. The molecule has 0 bridgehead atoms. The number of hydrogen-bond acceptors (Lipinski definition) is 2. The minimum absolute atomic E-state index is 0.820. The molecule has 0 unspecified atom stereocenters. The van der Waals surface area contributed by atoms with Crippen LogP contribution in [0.3, 0.4) is 0 Å². The molecule has 182 valence electrons. The Hall–Kier alpha value is 0.137. The summed E-state index contributed by atoms with van der Waals surface area (Å²) in [6.45, 7) is 10.5. The van der Waals surface area contributed by atoms with Crippen molar-refractivity contribution in [2.24, 2.45) is 0 Å². The Morgan fingerprint density at radius 2 is 0.633 bits per heavy atom. The lowest BCUT2D eigenvalue weighted by molar-refractivity contribution is 0.180. The van der Waals surface area contributed by atoms with Crippen LogP contribution in [0.5, 0.6) is 0 Å². The molecular formula is C27H58O2Si. The zero-order valence-corrected chi connectivity index (χ0v) is 22.6. The summed E-state index contributed by atoms with van der Waals surface area (Å²) in [4.78, 5) is 0. The van der Waals surface area contributed by atoms with Crippen molar-refractivity contribution in [3.05, 3.63) is 0 Å². The fraction of sp³-hybridized carbons (Fsp3) is 1.00. The van der Waals surface area contributed by atoms with Crippen LogP contribution < -0.4 is 0 Å². The summed E-state index contributed by atoms with van der Waals surface area (Å²) < 4.78 is 12.6. The zero-order chi connectivity index (χ0) is 22.2. The second-order valence-corrected chi connectivity index (χ2v) is 12.7. The van der Waals surface area contributed by atoms with Crippen LogP contribution in [0.2, 0.25) is 12.1 Å². The molecule has 2 nitrogen and oxygen atoms in total. The minimum Gasteiger partial charge on any atom is -0.394 e. The van der Waals surface area contributed by atoms with Gasteiger partial charge in [0.25, 0.3) is 0 Å². The third-order valence-electron chi connectivity index (χ3n) is 6.39. The van der Waals surface area contributed by atoms with E-state index in [-0.39, 0.29) is 0 Å². The number of unbranched alkanes of at least 4 members (excludes halogenated alkanes) is 17. The highest BCUT2D eigenvalue weighted by Crippen LogP contribution is 2.26. The molecule has 0 saturated carbocycles. The Labute approximate surface area is 192 Å². The van der Waals surface area contributed by atoms with Crippen LogP contribution in [-0.4, -0.2) is 21.8 Å². The average molecular weight is 443 g/mol. The lowest BCUT2D eigenvalue weighted by Crippen LogP contribution is -2.42. The van der Waals surface area contributed by atoms with E-state index in [0.717, 1.165) is 13.2 Å². The Morgan fingerprint density at radius 3 is 0.900 bits per heavy atom. The number of rotatable bonds is 25. The van der Waals surface area contributed by atoms with Crippen molar-refractivity contribution in [2.45, 2.75) is 162 Å². The van der Waals surface area contributed by atoms with Crippen LogP contribution in [0, 0.1) is 0 Å². The Kier molecular flexibility index (Phi) is 23.9. The van der Waals surface area contributed by atoms with Crippen molar-refractivity contribution >= 4 is 8.56 Å².